The van der Waals surface area contributed by atoms with Gasteiger partial charge in [-0.3, -0.25) is 9.59 Å². The van der Waals surface area contributed by atoms with E-state index in [2.05, 4.69) is 20.8 Å². The second-order valence-electron chi connectivity index (χ2n) is 5.46. The fourth-order valence-electron chi connectivity index (χ4n) is 2.17. The van der Waals surface area contributed by atoms with Gasteiger partial charge in [-0.25, -0.2) is 0 Å². The normalized spacial score (nSPS) is 16.2. The van der Waals surface area contributed by atoms with Gasteiger partial charge in [0.25, 0.3) is 0 Å². The molecule has 4 heteroatoms. The number of carbonyl (C=O) groups is 2. The largest absolute Gasteiger partial charge is 0.339 e. The minimum Gasteiger partial charge on any atom is -0.339 e. The molecule has 0 bridgehead atoms. The van der Waals surface area contributed by atoms with Crippen molar-refractivity contribution in [2.24, 2.45) is 5.92 Å². The van der Waals surface area contributed by atoms with E-state index in [0.29, 0.717) is 44.9 Å². The van der Waals surface area contributed by atoms with Crippen molar-refractivity contribution in [3.8, 4) is 0 Å². The fraction of sp³-hybridized carbons (Fsp3) is 0.857. The summed E-state index contributed by atoms with van der Waals surface area (Å²) in [5.74, 6) is 0.875. The Kier molecular flexibility index (Phi) is 6.16. The fourth-order valence-corrected chi connectivity index (χ4v) is 2.17. The topological polar surface area (TPSA) is 40.6 Å². The highest BCUT2D eigenvalue weighted by Gasteiger charge is 2.23. The molecule has 0 aromatic heterocycles. The van der Waals surface area contributed by atoms with Crippen LogP contribution in [0.25, 0.3) is 0 Å². The van der Waals surface area contributed by atoms with E-state index < -0.39 is 0 Å². The molecule has 1 saturated heterocycles. The summed E-state index contributed by atoms with van der Waals surface area (Å²) < 4.78 is 0. The maximum Gasteiger partial charge on any atom is 0.222 e. The summed E-state index contributed by atoms with van der Waals surface area (Å²) in [4.78, 5) is 27.5. The van der Waals surface area contributed by atoms with Crippen molar-refractivity contribution in [1.82, 2.24) is 9.80 Å². The molecule has 0 aromatic carbocycles. The number of piperazine rings is 1. The van der Waals surface area contributed by atoms with E-state index in [-0.39, 0.29) is 11.8 Å². The molecule has 1 heterocycles. The lowest BCUT2D eigenvalue weighted by atomic mass is 10.1. The molecule has 1 fully saturated rings. The van der Waals surface area contributed by atoms with Crippen molar-refractivity contribution in [2.45, 2.75) is 46.5 Å². The van der Waals surface area contributed by atoms with Crippen molar-refractivity contribution >= 4 is 11.8 Å². The van der Waals surface area contributed by atoms with Gasteiger partial charge in [-0.05, 0) is 12.3 Å². The van der Waals surface area contributed by atoms with Crippen LogP contribution in [0.3, 0.4) is 0 Å². The predicted molar refractivity (Wildman–Crippen MR) is 72.1 cm³/mol. The van der Waals surface area contributed by atoms with Gasteiger partial charge < -0.3 is 9.80 Å². The van der Waals surface area contributed by atoms with E-state index in [0.717, 1.165) is 12.8 Å². The maximum atomic E-state index is 11.9. The number of hydrogen-bond donors (Lipinski definition) is 0. The minimum absolute atomic E-state index is 0.227. The molecule has 4 nitrogen and oxygen atoms in total. The molecule has 0 N–H and O–H groups in total. The van der Waals surface area contributed by atoms with Crippen LogP contribution in [-0.4, -0.2) is 47.8 Å². The molecular weight excluding hydrogens is 228 g/mol. The van der Waals surface area contributed by atoms with E-state index >= 15 is 0 Å². The maximum absolute atomic E-state index is 11.9. The van der Waals surface area contributed by atoms with Crippen molar-refractivity contribution in [3.05, 3.63) is 0 Å². The van der Waals surface area contributed by atoms with E-state index in [1.165, 1.54) is 0 Å². The Morgan fingerprint density at radius 3 is 1.94 bits per heavy atom. The third kappa shape index (κ3) is 4.67. The van der Waals surface area contributed by atoms with Crippen LogP contribution in [0.5, 0.6) is 0 Å². The molecule has 0 unspecified atom stereocenters. The van der Waals surface area contributed by atoms with E-state index in [1.807, 2.05) is 9.80 Å². The first-order valence-electron chi connectivity index (χ1n) is 7.10. The average molecular weight is 254 g/mol. The Hall–Kier alpha value is -1.06. The molecule has 0 radical (unpaired) electrons. The Labute approximate surface area is 110 Å². The molecule has 18 heavy (non-hydrogen) atoms. The first kappa shape index (κ1) is 15.0. The second kappa shape index (κ2) is 7.39. The number of amides is 2. The molecule has 104 valence electrons. The zero-order chi connectivity index (χ0) is 13.5. The lowest BCUT2D eigenvalue weighted by Crippen LogP contribution is -2.50. The summed E-state index contributed by atoms with van der Waals surface area (Å²) in [5, 5.41) is 0. The summed E-state index contributed by atoms with van der Waals surface area (Å²) in [6, 6.07) is 0. The zero-order valence-electron chi connectivity index (χ0n) is 11.9. The first-order chi connectivity index (χ1) is 8.54. The molecule has 0 aliphatic carbocycles. The molecule has 0 spiro atoms. The van der Waals surface area contributed by atoms with Crippen LogP contribution in [0, 0.1) is 5.92 Å². The highest BCUT2D eigenvalue weighted by molar-refractivity contribution is 5.78. The molecule has 1 aliphatic rings. The number of carbonyl (C=O) groups excluding carboxylic acids is 2. The lowest BCUT2D eigenvalue weighted by Gasteiger charge is -2.35. The van der Waals surface area contributed by atoms with Crippen molar-refractivity contribution in [2.75, 3.05) is 26.2 Å². The molecular formula is C14H26N2O2. The van der Waals surface area contributed by atoms with Gasteiger partial charge in [0.15, 0.2) is 0 Å². The Morgan fingerprint density at radius 2 is 1.50 bits per heavy atom. The van der Waals surface area contributed by atoms with Crippen LogP contribution in [0.2, 0.25) is 0 Å². The van der Waals surface area contributed by atoms with Crippen LogP contribution in [0.4, 0.5) is 0 Å². The Bertz CT molecular complexity index is 282. The van der Waals surface area contributed by atoms with E-state index in [4.69, 9.17) is 0 Å². The van der Waals surface area contributed by atoms with Gasteiger partial charge in [0, 0.05) is 39.0 Å². The van der Waals surface area contributed by atoms with Crippen LogP contribution in [0.15, 0.2) is 0 Å². The number of unbranched alkanes of at least 4 members (excludes halogenated alkanes) is 1. The molecule has 0 aromatic rings. The van der Waals surface area contributed by atoms with Crippen LogP contribution in [0.1, 0.15) is 46.5 Å². The van der Waals surface area contributed by atoms with Gasteiger partial charge in [0.1, 0.15) is 0 Å². The van der Waals surface area contributed by atoms with Crippen molar-refractivity contribution in [3.63, 3.8) is 0 Å². The highest BCUT2D eigenvalue weighted by atomic mass is 16.2. The van der Waals surface area contributed by atoms with Crippen LogP contribution < -0.4 is 0 Å². The van der Waals surface area contributed by atoms with Gasteiger partial charge in [-0.2, -0.15) is 0 Å². The summed E-state index contributed by atoms with van der Waals surface area (Å²) in [6.07, 6.45) is 3.28. The number of hydrogen-bond acceptors (Lipinski definition) is 2. The third-order valence-corrected chi connectivity index (χ3v) is 3.31. The average Bonchev–Trinajstić information content (AvgIpc) is 2.35. The van der Waals surface area contributed by atoms with Crippen LogP contribution in [-0.2, 0) is 9.59 Å². The second-order valence-corrected chi connectivity index (χ2v) is 5.46. The monoisotopic (exact) mass is 254 g/mol. The van der Waals surface area contributed by atoms with Gasteiger partial charge in [0.05, 0.1) is 0 Å². The third-order valence-electron chi connectivity index (χ3n) is 3.31. The predicted octanol–water partition coefficient (Wildman–Crippen LogP) is 1.89. The molecule has 0 atom stereocenters. The summed E-state index contributed by atoms with van der Waals surface area (Å²) in [7, 11) is 0. The molecule has 0 saturated carbocycles. The summed E-state index contributed by atoms with van der Waals surface area (Å²) in [5.41, 5.74) is 0. The SMILES string of the molecule is CCCCC(=O)N1CCN(C(=O)CC(C)C)CC1. The highest BCUT2D eigenvalue weighted by Crippen LogP contribution is 2.10. The van der Waals surface area contributed by atoms with Crippen molar-refractivity contribution < 1.29 is 9.59 Å². The van der Waals surface area contributed by atoms with Crippen LogP contribution >= 0.6 is 0 Å². The Morgan fingerprint density at radius 1 is 1.00 bits per heavy atom. The molecule has 1 rings (SSSR count). The zero-order valence-corrected chi connectivity index (χ0v) is 11.9. The van der Waals surface area contributed by atoms with Gasteiger partial charge >= 0.3 is 0 Å². The summed E-state index contributed by atoms with van der Waals surface area (Å²) in [6.45, 7) is 9.01. The molecule has 1 aliphatic heterocycles. The minimum atomic E-state index is 0.227. The Balaban J connectivity index is 2.32. The van der Waals surface area contributed by atoms with Gasteiger partial charge in [-0.1, -0.05) is 27.2 Å². The van der Waals surface area contributed by atoms with E-state index in [1.54, 1.807) is 0 Å². The first-order valence-corrected chi connectivity index (χ1v) is 7.10. The van der Waals surface area contributed by atoms with Gasteiger partial charge in [0.2, 0.25) is 11.8 Å². The van der Waals surface area contributed by atoms with Gasteiger partial charge in [-0.15, -0.1) is 0 Å². The molecule has 2 amide bonds. The number of rotatable bonds is 5. The summed E-state index contributed by atoms with van der Waals surface area (Å²) >= 11 is 0. The van der Waals surface area contributed by atoms with E-state index in [9.17, 15) is 9.59 Å². The quantitative estimate of drug-likeness (QED) is 0.752. The lowest BCUT2D eigenvalue weighted by molar-refractivity contribution is -0.140. The smallest absolute Gasteiger partial charge is 0.222 e. The number of nitrogens with zero attached hydrogens (tertiary/aromatic N) is 2. The standard InChI is InChI=1S/C14H26N2O2/c1-4-5-6-13(17)15-7-9-16(10-8-15)14(18)11-12(2)3/h12H,4-11H2,1-3H3. The van der Waals surface area contributed by atoms with Crippen molar-refractivity contribution in [1.29, 1.82) is 0 Å².